The number of hydrogen-bond donors (Lipinski definition) is 4. The number of fused-ring (bicyclic) bond motifs is 1. The maximum absolute atomic E-state index is 13.9. The highest BCUT2D eigenvalue weighted by Crippen LogP contribution is 2.36. The van der Waals surface area contributed by atoms with E-state index in [2.05, 4.69) is 15.6 Å². The first kappa shape index (κ1) is 36.8. The molecule has 2 aromatic carbocycles. The number of aliphatic hydroxyl groups excluding tert-OH is 1. The van der Waals surface area contributed by atoms with Gasteiger partial charge in [-0.1, -0.05) is 81.4 Å². The highest BCUT2D eigenvalue weighted by Gasteiger charge is 2.48. The molecule has 7 atom stereocenters. The molecule has 0 bridgehead atoms. The Morgan fingerprint density at radius 2 is 1.66 bits per heavy atom. The van der Waals surface area contributed by atoms with Crippen LogP contribution in [0, 0.1) is 11.3 Å². The van der Waals surface area contributed by atoms with E-state index in [0.29, 0.717) is 19.4 Å². The zero-order chi connectivity index (χ0) is 35.8. The summed E-state index contributed by atoms with van der Waals surface area (Å²) in [4.78, 5) is 45.0. The van der Waals surface area contributed by atoms with Gasteiger partial charge in [0.05, 0.1) is 44.2 Å². The summed E-state index contributed by atoms with van der Waals surface area (Å²) in [5.74, 6) is -0.617. The lowest BCUT2D eigenvalue weighted by molar-refractivity contribution is -0.127. The van der Waals surface area contributed by atoms with Gasteiger partial charge >= 0.3 is 12.2 Å². The van der Waals surface area contributed by atoms with Gasteiger partial charge in [-0.05, 0) is 54.4 Å². The Bertz CT molecular complexity index is 1570. The first-order valence-electron chi connectivity index (χ1n) is 17.1. The molecule has 2 aliphatic rings. The monoisotopic (exact) mass is 688 g/mol. The number of alkyl carbamates (subject to hydrolysis) is 1. The van der Waals surface area contributed by atoms with Crippen LogP contribution in [0.2, 0.25) is 0 Å². The van der Waals surface area contributed by atoms with E-state index in [-0.39, 0.29) is 25.4 Å². The average Bonchev–Trinajstić information content (AvgIpc) is 3.72. The van der Waals surface area contributed by atoms with Crippen LogP contribution in [0.4, 0.5) is 9.59 Å². The van der Waals surface area contributed by atoms with E-state index >= 15 is 0 Å². The Hall–Kier alpha value is -4.52. The fraction of sp³-hybridized carbons (Fsp3) is 0.474. The summed E-state index contributed by atoms with van der Waals surface area (Å²) < 4.78 is 16.3. The van der Waals surface area contributed by atoms with E-state index in [1.807, 2.05) is 93.6 Å². The number of nitrogens with zero attached hydrogens (tertiary/aromatic N) is 2. The van der Waals surface area contributed by atoms with Crippen LogP contribution in [-0.2, 0) is 31.8 Å². The highest BCUT2D eigenvalue weighted by molar-refractivity contribution is 5.86. The van der Waals surface area contributed by atoms with Crippen LogP contribution in [0.25, 0.3) is 11.3 Å². The van der Waals surface area contributed by atoms with E-state index in [1.165, 1.54) is 12.0 Å². The Labute approximate surface area is 293 Å². The molecule has 3 amide bonds. The number of aliphatic hydroxyl groups is 1. The molecule has 12 heteroatoms. The molecule has 4 N–H and O–H groups in total. The molecular formula is C38H48N4O8. The summed E-state index contributed by atoms with van der Waals surface area (Å²) in [5, 5.41) is 28.3. The van der Waals surface area contributed by atoms with Crippen LogP contribution < -0.4 is 10.6 Å². The predicted octanol–water partition coefficient (Wildman–Crippen LogP) is 4.65. The molecule has 268 valence electrons. The number of rotatable bonds is 13. The third kappa shape index (κ3) is 9.17. The van der Waals surface area contributed by atoms with E-state index in [4.69, 9.17) is 14.2 Å². The van der Waals surface area contributed by atoms with E-state index in [1.54, 1.807) is 6.20 Å². The summed E-state index contributed by atoms with van der Waals surface area (Å²) in [5.41, 5.74) is 2.78. The van der Waals surface area contributed by atoms with Gasteiger partial charge in [-0.2, -0.15) is 0 Å². The molecule has 0 saturated carbocycles. The molecule has 12 nitrogen and oxygen atoms in total. The summed E-state index contributed by atoms with van der Waals surface area (Å²) in [6, 6.07) is 20.0. The van der Waals surface area contributed by atoms with Gasteiger partial charge in [-0.15, -0.1) is 0 Å². The molecule has 3 aromatic rings. The second-order valence-corrected chi connectivity index (χ2v) is 14.1. The van der Waals surface area contributed by atoms with E-state index in [0.717, 1.165) is 22.4 Å². The van der Waals surface area contributed by atoms with Crippen molar-refractivity contribution in [2.75, 3.05) is 20.3 Å². The normalized spacial score (nSPS) is 20.9. The molecule has 0 radical (unpaired) electrons. The third-order valence-electron chi connectivity index (χ3n) is 9.55. The van der Waals surface area contributed by atoms with Crippen molar-refractivity contribution in [2.45, 2.75) is 83.0 Å². The van der Waals surface area contributed by atoms with Crippen LogP contribution in [0.5, 0.6) is 0 Å². The lowest BCUT2D eigenvalue weighted by Gasteiger charge is -2.38. The van der Waals surface area contributed by atoms with Gasteiger partial charge < -0.3 is 35.1 Å². The van der Waals surface area contributed by atoms with Crippen LogP contribution >= 0.6 is 0 Å². The van der Waals surface area contributed by atoms with Crippen molar-refractivity contribution >= 4 is 18.1 Å². The quantitative estimate of drug-likeness (QED) is 0.201. The molecule has 2 saturated heterocycles. The summed E-state index contributed by atoms with van der Waals surface area (Å²) in [7, 11) is 1.23. The second kappa shape index (κ2) is 16.5. The van der Waals surface area contributed by atoms with Crippen molar-refractivity contribution in [3.63, 3.8) is 0 Å². The van der Waals surface area contributed by atoms with Crippen LogP contribution in [0.3, 0.4) is 0 Å². The number of benzene rings is 2. The smallest absolute Gasteiger partial charge is 0.407 e. The maximum Gasteiger partial charge on any atom is 0.407 e. The van der Waals surface area contributed by atoms with Crippen molar-refractivity contribution in [3.8, 4) is 11.3 Å². The molecule has 2 fully saturated rings. The van der Waals surface area contributed by atoms with Gasteiger partial charge in [0.25, 0.3) is 0 Å². The largest absolute Gasteiger partial charge is 0.465 e. The SMILES string of the molecule is COC(=O)N[C@H](C(=O)N[C@@H](Cc1ccc(-c2ccccn2)cc1)[C@@H](O)C[C@H](Cc1ccccc1)N(C(=O)O)[C@H]1CO[C@H]2OCC[C@H]21)C(C)(C)C. The standard InChI is InChI=1S/C38H48N4O8/c1-38(2,3)33(41-36(45)48-4)34(44)40-30(21-25-13-15-26(16-14-25)29-12-8-9-18-39-29)32(43)22-27(20-24-10-6-5-7-11-24)42(37(46)47)31-23-50-35-28(31)17-19-49-35/h5-16,18,27-28,30-33,35,43H,17,19-23H2,1-4H3,(H,40,44)(H,41,45)(H,46,47)/t27-,28-,30-,31-,32-,33+,35+/m0/s1. The molecular weight excluding hydrogens is 640 g/mol. The number of carbonyl (C=O) groups excluding carboxylic acids is 2. The van der Waals surface area contributed by atoms with Crippen molar-refractivity contribution in [1.82, 2.24) is 20.5 Å². The lowest BCUT2D eigenvalue weighted by Crippen LogP contribution is -2.58. The summed E-state index contributed by atoms with van der Waals surface area (Å²) in [6.07, 6.45) is -0.499. The minimum absolute atomic E-state index is 0.0253. The number of aromatic nitrogens is 1. The van der Waals surface area contributed by atoms with Crippen molar-refractivity contribution in [3.05, 3.63) is 90.1 Å². The number of pyridine rings is 1. The average molecular weight is 689 g/mol. The van der Waals surface area contributed by atoms with Gasteiger partial charge in [-0.25, -0.2) is 9.59 Å². The Morgan fingerprint density at radius 1 is 0.960 bits per heavy atom. The number of amides is 3. The summed E-state index contributed by atoms with van der Waals surface area (Å²) in [6.45, 7) is 6.14. The number of carboxylic acid groups (broad SMARTS) is 1. The zero-order valence-corrected chi connectivity index (χ0v) is 29.0. The Kier molecular flexibility index (Phi) is 12.1. The Morgan fingerprint density at radius 3 is 2.30 bits per heavy atom. The molecule has 0 aliphatic carbocycles. The van der Waals surface area contributed by atoms with Crippen LogP contribution in [0.15, 0.2) is 79.0 Å². The number of methoxy groups -OCH3 is 1. The molecule has 50 heavy (non-hydrogen) atoms. The number of ether oxygens (including phenoxy) is 3. The van der Waals surface area contributed by atoms with Crippen LogP contribution in [0.1, 0.15) is 44.7 Å². The van der Waals surface area contributed by atoms with Gasteiger partial charge in [0.2, 0.25) is 5.91 Å². The number of carbonyl (C=O) groups is 3. The van der Waals surface area contributed by atoms with Crippen molar-refractivity contribution in [2.24, 2.45) is 11.3 Å². The van der Waals surface area contributed by atoms with Crippen molar-refractivity contribution < 1.29 is 38.8 Å². The molecule has 5 rings (SSSR count). The van der Waals surface area contributed by atoms with Gasteiger partial charge in [-0.3, -0.25) is 14.7 Å². The second-order valence-electron chi connectivity index (χ2n) is 14.1. The molecule has 3 heterocycles. The Balaban J connectivity index is 1.45. The fourth-order valence-electron chi connectivity index (χ4n) is 6.92. The molecule has 0 unspecified atom stereocenters. The third-order valence-corrected chi connectivity index (χ3v) is 9.55. The number of nitrogens with one attached hydrogen (secondary N) is 2. The lowest BCUT2D eigenvalue weighted by atomic mass is 9.85. The van der Waals surface area contributed by atoms with E-state index in [9.17, 15) is 24.6 Å². The predicted molar refractivity (Wildman–Crippen MR) is 186 cm³/mol. The van der Waals surface area contributed by atoms with E-state index < -0.39 is 60.1 Å². The summed E-state index contributed by atoms with van der Waals surface area (Å²) >= 11 is 0. The zero-order valence-electron chi connectivity index (χ0n) is 29.0. The van der Waals surface area contributed by atoms with Gasteiger partial charge in [0.15, 0.2) is 6.29 Å². The fourth-order valence-corrected chi connectivity index (χ4v) is 6.92. The van der Waals surface area contributed by atoms with Crippen LogP contribution in [-0.4, -0.2) is 95.1 Å². The molecule has 1 aromatic heterocycles. The topological polar surface area (TPSA) is 160 Å². The highest BCUT2D eigenvalue weighted by atomic mass is 16.7. The minimum atomic E-state index is -1.18. The maximum atomic E-state index is 13.9. The van der Waals surface area contributed by atoms with Gasteiger partial charge in [0.1, 0.15) is 6.04 Å². The van der Waals surface area contributed by atoms with Crippen molar-refractivity contribution in [1.29, 1.82) is 0 Å². The van der Waals surface area contributed by atoms with Gasteiger partial charge in [0, 0.05) is 23.7 Å². The number of hydrogen-bond acceptors (Lipinski definition) is 8. The molecule has 0 spiro atoms. The minimum Gasteiger partial charge on any atom is -0.465 e. The first-order valence-corrected chi connectivity index (χ1v) is 17.1. The first-order chi connectivity index (χ1) is 23.9. The molecule has 2 aliphatic heterocycles.